The molecule has 0 saturated heterocycles. The fraction of sp³-hybridized carbons (Fsp3) is 0.333. The molecule has 0 atom stereocenters. The van der Waals surface area contributed by atoms with Crippen molar-refractivity contribution in [3.63, 3.8) is 0 Å². The van der Waals surface area contributed by atoms with Gasteiger partial charge in [-0.05, 0) is 18.9 Å². The second-order valence-corrected chi connectivity index (χ2v) is 5.73. The third kappa shape index (κ3) is 3.79. The van der Waals surface area contributed by atoms with Gasteiger partial charge in [-0.15, -0.1) is 0 Å². The summed E-state index contributed by atoms with van der Waals surface area (Å²) in [5, 5.41) is 28.3. The highest BCUT2D eigenvalue weighted by Crippen LogP contribution is 2.33. The van der Waals surface area contributed by atoms with Gasteiger partial charge in [0.25, 0.3) is 5.69 Å². The second-order valence-electron chi connectivity index (χ2n) is 5.73. The molecule has 10 heteroatoms. The molecule has 1 fully saturated rings. The lowest BCUT2D eigenvalue weighted by Gasteiger charge is -2.14. The van der Waals surface area contributed by atoms with E-state index in [2.05, 4.69) is 20.6 Å². The van der Waals surface area contributed by atoms with Gasteiger partial charge in [-0.1, -0.05) is 18.9 Å². The topological polar surface area (TPSA) is 136 Å². The lowest BCUT2D eigenvalue weighted by Crippen LogP contribution is -2.17. The molecule has 0 amide bonds. The van der Waals surface area contributed by atoms with Gasteiger partial charge in [0.2, 0.25) is 11.6 Å². The number of nitro benzene ring substituents is 1. The standard InChI is InChI=1S/C15H16N6O4/c22-20(23)12-7-3-6-11(8-12)19-15-13(21(24)25)14(16-9-17-15)18-10-4-1-2-5-10/h3,6-10H,1-2,4-5H2,(H2,16,17,18,19). The van der Waals surface area contributed by atoms with Gasteiger partial charge in [-0.3, -0.25) is 20.2 Å². The number of hydrogen-bond donors (Lipinski definition) is 2. The summed E-state index contributed by atoms with van der Waals surface area (Å²) < 4.78 is 0. The Morgan fingerprint density at radius 2 is 1.76 bits per heavy atom. The molecule has 1 saturated carbocycles. The summed E-state index contributed by atoms with van der Waals surface area (Å²) in [6.45, 7) is 0. The van der Waals surface area contributed by atoms with E-state index in [1.165, 1.54) is 24.5 Å². The SMILES string of the molecule is O=[N+]([O-])c1cccc(Nc2ncnc(NC3CCCC3)c2[N+](=O)[O-])c1. The summed E-state index contributed by atoms with van der Waals surface area (Å²) in [6, 6.07) is 5.84. The highest BCUT2D eigenvalue weighted by atomic mass is 16.6. The second kappa shape index (κ2) is 7.07. The molecule has 2 N–H and O–H groups in total. The summed E-state index contributed by atoms with van der Waals surface area (Å²) in [4.78, 5) is 29.2. The molecule has 25 heavy (non-hydrogen) atoms. The van der Waals surface area contributed by atoms with Crippen LogP contribution in [0.4, 0.5) is 28.7 Å². The maximum Gasteiger partial charge on any atom is 0.353 e. The van der Waals surface area contributed by atoms with E-state index in [9.17, 15) is 20.2 Å². The largest absolute Gasteiger partial charge is 0.361 e. The van der Waals surface area contributed by atoms with Crippen molar-refractivity contribution in [3.8, 4) is 0 Å². The molecule has 0 aliphatic heterocycles. The average Bonchev–Trinajstić information content (AvgIpc) is 3.08. The van der Waals surface area contributed by atoms with Crippen LogP contribution in [0.3, 0.4) is 0 Å². The van der Waals surface area contributed by atoms with Crippen molar-refractivity contribution in [1.29, 1.82) is 0 Å². The fourth-order valence-electron chi connectivity index (χ4n) is 2.85. The maximum atomic E-state index is 11.5. The quantitative estimate of drug-likeness (QED) is 0.601. The molecule has 1 aromatic heterocycles. The fourth-order valence-corrected chi connectivity index (χ4v) is 2.85. The summed E-state index contributed by atoms with van der Waals surface area (Å²) in [6.07, 6.45) is 5.26. The molecule has 1 aliphatic carbocycles. The zero-order valence-corrected chi connectivity index (χ0v) is 13.2. The van der Waals surface area contributed by atoms with Crippen LogP contribution in [-0.4, -0.2) is 25.9 Å². The minimum absolute atomic E-state index is 0.0130. The smallest absolute Gasteiger partial charge is 0.353 e. The van der Waals surface area contributed by atoms with Crippen molar-refractivity contribution in [2.45, 2.75) is 31.7 Å². The Morgan fingerprint density at radius 1 is 1.04 bits per heavy atom. The molecule has 3 rings (SSSR count). The third-order valence-electron chi connectivity index (χ3n) is 4.02. The molecule has 0 spiro atoms. The van der Waals surface area contributed by atoms with E-state index >= 15 is 0 Å². The van der Waals surface area contributed by atoms with Gasteiger partial charge in [0.1, 0.15) is 6.33 Å². The van der Waals surface area contributed by atoms with Crippen LogP contribution in [0.2, 0.25) is 0 Å². The van der Waals surface area contributed by atoms with Crippen LogP contribution in [-0.2, 0) is 0 Å². The van der Waals surface area contributed by atoms with Gasteiger partial charge in [0, 0.05) is 23.9 Å². The number of benzene rings is 1. The van der Waals surface area contributed by atoms with E-state index in [1.807, 2.05) is 0 Å². The number of hydrogen-bond acceptors (Lipinski definition) is 8. The van der Waals surface area contributed by atoms with Crippen LogP contribution in [0.25, 0.3) is 0 Å². The Kier molecular flexibility index (Phi) is 4.68. The Hall–Kier alpha value is -3.30. The summed E-state index contributed by atoms with van der Waals surface area (Å²) in [5.41, 5.74) is -0.0604. The van der Waals surface area contributed by atoms with Gasteiger partial charge in [-0.2, -0.15) is 0 Å². The van der Waals surface area contributed by atoms with E-state index in [1.54, 1.807) is 6.07 Å². The zero-order chi connectivity index (χ0) is 17.8. The van der Waals surface area contributed by atoms with E-state index in [-0.39, 0.29) is 29.1 Å². The van der Waals surface area contributed by atoms with Crippen LogP contribution in [0, 0.1) is 20.2 Å². The Labute approximate surface area is 142 Å². The summed E-state index contributed by atoms with van der Waals surface area (Å²) in [5.74, 6) is 0.140. The van der Waals surface area contributed by atoms with E-state index in [0.29, 0.717) is 5.69 Å². The lowest BCUT2D eigenvalue weighted by molar-refractivity contribution is -0.384. The number of nitrogens with zero attached hydrogens (tertiary/aromatic N) is 4. The molecule has 1 aromatic carbocycles. The van der Waals surface area contributed by atoms with Crippen molar-refractivity contribution in [3.05, 3.63) is 50.8 Å². The molecule has 1 aliphatic rings. The van der Waals surface area contributed by atoms with Crippen LogP contribution in [0.15, 0.2) is 30.6 Å². The van der Waals surface area contributed by atoms with Gasteiger partial charge in [0.05, 0.1) is 9.85 Å². The van der Waals surface area contributed by atoms with Crippen molar-refractivity contribution < 1.29 is 9.85 Å². The first-order valence-corrected chi connectivity index (χ1v) is 7.82. The number of nitro groups is 2. The lowest BCUT2D eigenvalue weighted by atomic mass is 10.2. The van der Waals surface area contributed by atoms with Gasteiger partial charge < -0.3 is 10.6 Å². The predicted molar refractivity (Wildman–Crippen MR) is 90.9 cm³/mol. The minimum Gasteiger partial charge on any atom is -0.361 e. The highest BCUT2D eigenvalue weighted by Gasteiger charge is 2.26. The van der Waals surface area contributed by atoms with Crippen molar-refractivity contribution >= 4 is 28.7 Å². The molecule has 130 valence electrons. The predicted octanol–water partition coefficient (Wildman–Crippen LogP) is 3.39. The Bertz CT molecular complexity index is 806. The Morgan fingerprint density at radius 3 is 2.44 bits per heavy atom. The minimum atomic E-state index is -0.559. The molecule has 0 radical (unpaired) electrons. The number of non-ortho nitro benzene ring substituents is 1. The van der Waals surface area contributed by atoms with Crippen molar-refractivity contribution in [1.82, 2.24) is 9.97 Å². The van der Waals surface area contributed by atoms with Gasteiger partial charge >= 0.3 is 5.69 Å². The van der Waals surface area contributed by atoms with E-state index in [0.717, 1.165) is 25.7 Å². The first-order chi connectivity index (χ1) is 12.0. The number of rotatable bonds is 6. The Balaban J connectivity index is 1.91. The van der Waals surface area contributed by atoms with Crippen LogP contribution >= 0.6 is 0 Å². The normalized spacial score (nSPS) is 14.2. The van der Waals surface area contributed by atoms with Crippen molar-refractivity contribution in [2.24, 2.45) is 0 Å². The third-order valence-corrected chi connectivity index (χ3v) is 4.02. The first-order valence-electron chi connectivity index (χ1n) is 7.82. The summed E-state index contributed by atoms with van der Waals surface area (Å²) >= 11 is 0. The monoisotopic (exact) mass is 344 g/mol. The highest BCUT2D eigenvalue weighted by molar-refractivity contribution is 5.74. The first kappa shape index (κ1) is 16.6. The molecule has 2 aromatic rings. The molecular weight excluding hydrogens is 328 g/mol. The van der Waals surface area contributed by atoms with Crippen LogP contribution < -0.4 is 10.6 Å². The zero-order valence-electron chi connectivity index (χ0n) is 13.2. The number of nitrogens with one attached hydrogen (secondary N) is 2. The van der Waals surface area contributed by atoms with Gasteiger partial charge in [-0.25, -0.2) is 9.97 Å². The van der Waals surface area contributed by atoms with Crippen LogP contribution in [0.1, 0.15) is 25.7 Å². The summed E-state index contributed by atoms with van der Waals surface area (Å²) in [7, 11) is 0. The number of aromatic nitrogens is 2. The molecule has 0 bridgehead atoms. The average molecular weight is 344 g/mol. The maximum absolute atomic E-state index is 11.5. The van der Waals surface area contributed by atoms with E-state index in [4.69, 9.17) is 0 Å². The van der Waals surface area contributed by atoms with Crippen LogP contribution in [0.5, 0.6) is 0 Å². The molecule has 10 nitrogen and oxygen atoms in total. The molecule has 0 unspecified atom stereocenters. The van der Waals surface area contributed by atoms with Gasteiger partial charge in [0.15, 0.2) is 0 Å². The van der Waals surface area contributed by atoms with E-state index < -0.39 is 9.85 Å². The molecule has 1 heterocycles. The number of anilines is 3. The van der Waals surface area contributed by atoms with Crippen molar-refractivity contribution in [2.75, 3.05) is 10.6 Å². The molecular formula is C15H16N6O4.